The molecule has 1 atom stereocenters. The number of anilines is 1. The normalized spacial score (nSPS) is 19.9. The SMILES string of the molecule is CN1C(=O)CC(NCC(C)(C)C)c2ccccc21. The summed E-state index contributed by atoms with van der Waals surface area (Å²) in [5.41, 5.74) is 2.48. The van der Waals surface area contributed by atoms with E-state index in [9.17, 15) is 4.79 Å². The molecule has 1 amide bonds. The minimum atomic E-state index is 0.143. The van der Waals surface area contributed by atoms with Crippen molar-refractivity contribution in [3.8, 4) is 0 Å². The molecule has 0 bridgehead atoms. The summed E-state index contributed by atoms with van der Waals surface area (Å²) < 4.78 is 0. The van der Waals surface area contributed by atoms with Gasteiger partial charge in [-0.15, -0.1) is 0 Å². The molecule has 0 fully saturated rings. The first-order valence-electron chi connectivity index (χ1n) is 6.47. The van der Waals surface area contributed by atoms with Crippen LogP contribution in [0.1, 0.15) is 38.8 Å². The monoisotopic (exact) mass is 246 g/mol. The van der Waals surface area contributed by atoms with Gasteiger partial charge >= 0.3 is 0 Å². The average Bonchev–Trinajstić information content (AvgIpc) is 2.31. The van der Waals surface area contributed by atoms with Crippen LogP contribution in [0, 0.1) is 5.41 Å². The molecule has 0 saturated carbocycles. The Bertz CT molecular complexity index is 448. The molecule has 1 aliphatic heterocycles. The molecule has 0 spiro atoms. The Labute approximate surface area is 109 Å². The number of fused-ring (bicyclic) bond motifs is 1. The van der Waals surface area contributed by atoms with Crippen LogP contribution in [0.4, 0.5) is 5.69 Å². The molecule has 3 heteroatoms. The maximum Gasteiger partial charge on any atom is 0.228 e. The van der Waals surface area contributed by atoms with Gasteiger partial charge in [0, 0.05) is 31.7 Å². The van der Waals surface area contributed by atoms with Crippen LogP contribution in [0.15, 0.2) is 24.3 Å². The van der Waals surface area contributed by atoms with Gasteiger partial charge in [-0.1, -0.05) is 39.0 Å². The molecule has 1 unspecified atom stereocenters. The molecule has 1 aliphatic rings. The van der Waals surface area contributed by atoms with Gasteiger partial charge in [0.15, 0.2) is 0 Å². The average molecular weight is 246 g/mol. The first-order valence-corrected chi connectivity index (χ1v) is 6.47. The minimum Gasteiger partial charge on any atom is -0.315 e. The van der Waals surface area contributed by atoms with Gasteiger partial charge in [-0.05, 0) is 17.0 Å². The number of carbonyl (C=O) groups is 1. The zero-order valence-electron chi connectivity index (χ0n) is 11.7. The Morgan fingerprint density at radius 2 is 2.00 bits per heavy atom. The second-order valence-electron chi connectivity index (χ2n) is 6.21. The van der Waals surface area contributed by atoms with Gasteiger partial charge in [0.25, 0.3) is 0 Å². The van der Waals surface area contributed by atoms with Crippen LogP contribution in [-0.2, 0) is 4.79 Å². The zero-order valence-corrected chi connectivity index (χ0v) is 11.7. The molecule has 3 nitrogen and oxygen atoms in total. The highest BCUT2D eigenvalue weighted by Crippen LogP contribution is 2.33. The minimum absolute atomic E-state index is 0.143. The lowest BCUT2D eigenvalue weighted by Gasteiger charge is -2.33. The number of carbonyl (C=O) groups excluding carboxylic acids is 1. The largest absolute Gasteiger partial charge is 0.315 e. The molecule has 18 heavy (non-hydrogen) atoms. The van der Waals surface area contributed by atoms with Gasteiger partial charge in [0.2, 0.25) is 5.91 Å². The summed E-state index contributed by atoms with van der Waals surface area (Å²) in [5, 5.41) is 3.52. The predicted molar refractivity (Wildman–Crippen MR) is 74.7 cm³/mol. The molecule has 0 aromatic heterocycles. The highest BCUT2D eigenvalue weighted by molar-refractivity contribution is 5.96. The Morgan fingerprint density at radius 1 is 1.33 bits per heavy atom. The third-order valence-corrected chi connectivity index (χ3v) is 3.31. The number of rotatable bonds is 2. The molecule has 1 aromatic rings. The van der Waals surface area contributed by atoms with E-state index in [1.54, 1.807) is 4.90 Å². The molecular formula is C15H22N2O. The number of nitrogens with zero attached hydrogens (tertiary/aromatic N) is 1. The maximum absolute atomic E-state index is 12.0. The van der Waals surface area contributed by atoms with Gasteiger partial charge in [-0.25, -0.2) is 0 Å². The Hall–Kier alpha value is -1.35. The van der Waals surface area contributed by atoms with Crippen molar-refractivity contribution in [1.29, 1.82) is 0 Å². The van der Waals surface area contributed by atoms with E-state index in [2.05, 4.69) is 32.2 Å². The lowest BCUT2D eigenvalue weighted by molar-refractivity contribution is -0.119. The molecule has 98 valence electrons. The number of nitrogens with one attached hydrogen (secondary N) is 1. The summed E-state index contributed by atoms with van der Waals surface area (Å²) in [6.45, 7) is 7.50. The van der Waals surface area contributed by atoms with E-state index in [0.29, 0.717) is 6.42 Å². The van der Waals surface area contributed by atoms with E-state index < -0.39 is 0 Å². The van der Waals surface area contributed by atoms with E-state index >= 15 is 0 Å². The zero-order chi connectivity index (χ0) is 13.3. The summed E-state index contributed by atoms with van der Waals surface area (Å²) in [4.78, 5) is 13.7. The number of hydrogen-bond donors (Lipinski definition) is 1. The molecule has 0 saturated heterocycles. The molecule has 1 aromatic carbocycles. The predicted octanol–water partition coefficient (Wildman–Crippen LogP) is 2.73. The lowest BCUT2D eigenvalue weighted by atomic mass is 9.92. The molecule has 2 rings (SSSR count). The van der Waals surface area contributed by atoms with E-state index in [0.717, 1.165) is 12.2 Å². The maximum atomic E-state index is 12.0. The quantitative estimate of drug-likeness (QED) is 0.870. The lowest BCUT2D eigenvalue weighted by Crippen LogP contribution is -2.40. The van der Waals surface area contributed by atoms with Gasteiger partial charge < -0.3 is 10.2 Å². The smallest absolute Gasteiger partial charge is 0.228 e. The Kier molecular flexibility index (Phi) is 3.44. The Balaban J connectivity index is 2.22. The summed E-state index contributed by atoms with van der Waals surface area (Å²) >= 11 is 0. The van der Waals surface area contributed by atoms with E-state index in [1.807, 2.05) is 25.2 Å². The fraction of sp³-hybridized carbons (Fsp3) is 0.533. The van der Waals surface area contributed by atoms with Crippen molar-refractivity contribution in [2.24, 2.45) is 5.41 Å². The van der Waals surface area contributed by atoms with Crippen molar-refractivity contribution in [2.45, 2.75) is 33.2 Å². The van der Waals surface area contributed by atoms with Crippen molar-refractivity contribution in [2.75, 3.05) is 18.5 Å². The van der Waals surface area contributed by atoms with Crippen molar-refractivity contribution < 1.29 is 4.79 Å². The molecule has 1 heterocycles. The third-order valence-electron chi connectivity index (χ3n) is 3.31. The number of amides is 1. The molecule has 0 aliphatic carbocycles. The number of benzene rings is 1. The van der Waals surface area contributed by atoms with Gasteiger partial charge in [0.05, 0.1) is 0 Å². The second-order valence-corrected chi connectivity index (χ2v) is 6.21. The van der Waals surface area contributed by atoms with Gasteiger partial charge in [-0.3, -0.25) is 4.79 Å². The summed E-state index contributed by atoms with van der Waals surface area (Å²) in [5.74, 6) is 0.181. The standard InChI is InChI=1S/C15H22N2O/c1-15(2,3)10-16-12-9-14(18)17(4)13-8-6-5-7-11(12)13/h5-8,12,16H,9-10H2,1-4H3. The third kappa shape index (κ3) is 2.72. The number of hydrogen-bond acceptors (Lipinski definition) is 2. The van der Waals surface area contributed by atoms with Crippen LogP contribution in [-0.4, -0.2) is 19.5 Å². The van der Waals surface area contributed by atoms with Crippen LogP contribution < -0.4 is 10.2 Å². The fourth-order valence-corrected chi connectivity index (χ4v) is 2.26. The highest BCUT2D eigenvalue weighted by Gasteiger charge is 2.29. The first kappa shape index (κ1) is 13.1. The van der Waals surface area contributed by atoms with Crippen LogP contribution in [0.2, 0.25) is 0 Å². The Morgan fingerprint density at radius 3 is 2.67 bits per heavy atom. The molecule has 1 N–H and O–H groups in total. The second kappa shape index (κ2) is 4.73. The van der Waals surface area contributed by atoms with Crippen molar-refractivity contribution >= 4 is 11.6 Å². The van der Waals surface area contributed by atoms with Crippen molar-refractivity contribution in [3.63, 3.8) is 0 Å². The fourth-order valence-electron chi connectivity index (χ4n) is 2.26. The van der Waals surface area contributed by atoms with Gasteiger partial charge in [0.1, 0.15) is 0 Å². The van der Waals surface area contributed by atoms with Crippen LogP contribution in [0.5, 0.6) is 0 Å². The van der Waals surface area contributed by atoms with Crippen LogP contribution >= 0.6 is 0 Å². The first-order chi connectivity index (χ1) is 8.38. The molecular weight excluding hydrogens is 224 g/mol. The molecule has 0 radical (unpaired) electrons. The summed E-state index contributed by atoms with van der Waals surface area (Å²) in [7, 11) is 1.85. The van der Waals surface area contributed by atoms with E-state index in [4.69, 9.17) is 0 Å². The van der Waals surface area contributed by atoms with E-state index in [1.165, 1.54) is 5.56 Å². The van der Waals surface area contributed by atoms with Crippen molar-refractivity contribution in [1.82, 2.24) is 5.32 Å². The summed E-state index contributed by atoms with van der Waals surface area (Å²) in [6, 6.07) is 8.28. The topological polar surface area (TPSA) is 32.3 Å². The van der Waals surface area contributed by atoms with Crippen LogP contribution in [0.3, 0.4) is 0 Å². The van der Waals surface area contributed by atoms with E-state index in [-0.39, 0.29) is 17.4 Å². The number of para-hydroxylation sites is 1. The van der Waals surface area contributed by atoms with Crippen molar-refractivity contribution in [3.05, 3.63) is 29.8 Å². The highest BCUT2D eigenvalue weighted by atomic mass is 16.2. The summed E-state index contributed by atoms with van der Waals surface area (Å²) in [6.07, 6.45) is 0.545. The van der Waals surface area contributed by atoms with Crippen LogP contribution in [0.25, 0.3) is 0 Å². The van der Waals surface area contributed by atoms with Gasteiger partial charge in [-0.2, -0.15) is 0 Å².